The SMILES string of the molecule is N#Cc1ccc(C[S+]2CCCC2)cc1. The van der Waals surface area contributed by atoms with Crippen molar-refractivity contribution in [3.05, 3.63) is 35.4 Å². The van der Waals surface area contributed by atoms with E-state index in [1.54, 1.807) is 0 Å². The summed E-state index contributed by atoms with van der Waals surface area (Å²) in [6.07, 6.45) is 2.83. The molecule has 0 bridgehead atoms. The maximum Gasteiger partial charge on any atom is 0.133 e. The molecule has 0 N–H and O–H groups in total. The highest BCUT2D eigenvalue weighted by Gasteiger charge is 2.23. The van der Waals surface area contributed by atoms with E-state index >= 15 is 0 Å². The van der Waals surface area contributed by atoms with Gasteiger partial charge in [-0.15, -0.1) is 0 Å². The molecule has 0 amide bonds. The van der Waals surface area contributed by atoms with Crippen LogP contribution in [-0.2, 0) is 16.6 Å². The fourth-order valence-electron chi connectivity index (χ4n) is 1.77. The number of nitrogens with zero attached hydrogens (tertiary/aromatic N) is 1. The molecule has 1 nitrogen and oxygen atoms in total. The molecule has 1 aliphatic rings. The lowest BCUT2D eigenvalue weighted by molar-refractivity contribution is 0.949. The third-order valence-electron chi connectivity index (χ3n) is 2.57. The Morgan fingerprint density at radius 2 is 1.79 bits per heavy atom. The van der Waals surface area contributed by atoms with Crippen molar-refractivity contribution in [2.24, 2.45) is 0 Å². The van der Waals surface area contributed by atoms with Crippen LogP contribution in [0.1, 0.15) is 24.0 Å². The zero-order valence-corrected chi connectivity index (χ0v) is 9.02. The summed E-state index contributed by atoms with van der Waals surface area (Å²) in [5.74, 6) is 4.06. The minimum Gasteiger partial charge on any atom is -0.192 e. The van der Waals surface area contributed by atoms with Crippen molar-refractivity contribution in [1.82, 2.24) is 0 Å². The van der Waals surface area contributed by atoms with Crippen LogP contribution in [0.5, 0.6) is 0 Å². The van der Waals surface area contributed by atoms with Crippen LogP contribution in [0.3, 0.4) is 0 Å². The molecule has 1 aliphatic heterocycles. The molecule has 72 valence electrons. The molecule has 1 aromatic rings. The molecular formula is C12H14NS+. The summed E-state index contributed by atoms with van der Waals surface area (Å²) in [7, 11) is 0.630. The molecule has 1 saturated heterocycles. The van der Waals surface area contributed by atoms with Crippen molar-refractivity contribution in [3.8, 4) is 6.07 Å². The zero-order chi connectivity index (χ0) is 9.80. The molecule has 14 heavy (non-hydrogen) atoms. The van der Waals surface area contributed by atoms with E-state index in [1.807, 2.05) is 12.1 Å². The van der Waals surface area contributed by atoms with Gasteiger partial charge in [0.25, 0.3) is 0 Å². The van der Waals surface area contributed by atoms with E-state index in [2.05, 4.69) is 18.2 Å². The van der Waals surface area contributed by atoms with E-state index in [0.29, 0.717) is 10.9 Å². The molecule has 1 fully saturated rings. The van der Waals surface area contributed by atoms with Gasteiger partial charge in [0, 0.05) is 5.56 Å². The second kappa shape index (κ2) is 4.52. The van der Waals surface area contributed by atoms with Crippen LogP contribution in [0.4, 0.5) is 0 Å². The lowest BCUT2D eigenvalue weighted by Gasteiger charge is -2.00. The molecule has 0 radical (unpaired) electrons. The van der Waals surface area contributed by atoms with Crippen molar-refractivity contribution in [2.75, 3.05) is 11.5 Å². The van der Waals surface area contributed by atoms with Crippen LogP contribution < -0.4 is 0 Å². The molecular weight excluding hydrogens is 190 g/mol. The van der Waals surface area contributed by atoms with Gasteiger partial charge in [-0.3, -0.25) is 0 Å². The van der Waals surface area contributed by atoms with E-state index in [1.165, 1.54) is 35.7 Å². The minimum absolute atomic E-state index is 0.630. The van der Waals surface area contributed by atoms with Crippen molar-refractivity contribution in [3.63, 3.8) is 0 Å². The van der Waals surface area contributed by atoms with Gasteiger partial charge in [0.2, 0.25) is 0 Å². The Hall–Kier alpha value is -0.940. The first-order chi connectivity index (χ1) is 6.88. The highest BCUT2D eigenvalue weighted by molar-refractivity contribution is 7.96. The third kappa shape index (κ3) is 2.30. The van der Waals surface area contributed by atoms with Gasteiger partial charge >= 0.3 is 0 Å². The lowest BCUT2D eigenvalue weighted by Crippen LogP contribution is -2.06. The van der Waals surface area contributed by atoms with Gasteiger partial charge in [0.05, 0.1) is 11.6 Å². The second-order valence-corrected chi connectivity index (χ2v) is 6.01. The topological polar surface area (TPSA) is 23.8 Å². The van der Waals surface area contributed by atoms with Gasteiger partial charge < -0.3 is 0 Å². The van der Waals surface area contributed by atoms with Crippen molar-refractivity contribution < 1.29 is 0 Å². The number of nitriles is 1. The Morgan fingerprint density at radius 1 is 1.14 bits per heavy atom. The normalized spacial score (nSPS) is 16.8. The third-order valence-corrected chi connectivity index (χ3v) is 5.04. The van der Waals surface area contributed by atoms with Gasteiger partial charge in [-0.2, -0.15) is 5.26 Å². The number of hydrogen-bond donors (Lipinski definition) is 0. The molecule has 0 unspecified atom stereocenters. The Bertz CT molecular complexity index is 330. The van der Waals surface area contributed by atoms with Gasteiger partial charge in [0.15, 0.2) is 0 Å². The molecule has 2 heteroatoms. The molecule has 1 heterocycles. The molecule has 2 rings (SSSR count). The van der Waals surface area contributed by atoms with Crippen LogP contribution in [0.15, 0.2) is 24.3 Å². The van der Waals surface area contributed by atoms with E-state index in [0.717, 1.165) is 5.56 Å². The monoisotopic (exact) mass is 204 g/mol. The van der Waals surface area contributed by atoms with Gasteiger partial charge in [-0.1, -0.05) is 12.1 Å². The summed E-state index contributed by atoms with van der Waals surface area (Å²) < 4.78 is 0. The highest BCUT2D eigenvalue weighted by atomic mass is 32.2. The summed E-state index contributed by atoms with van der Waals surface area (Å²) in [5, 5.41) is 8.66. The first kappa shape index (κ1) is 9.61. The van der Waals surface area contributed by atoms with Crippen LogP contribution in [0.25, 0.3) is 0 Å². The quantitative estimate of drug-likeness (QED) is 0.679. The summed E-state index contributed by atoms with van der Waals surface area (Å²) in [5.41, 5.74) is 2.16. The predicted molar refractivity (Wildman–Crippen MR) is 61.2 cm³/mol. The first-order valence-corrected chi connectivity index (χ1v) is 6.75. The predicted octanol–water partition coefficient (Wildman–Crippen LogP) is 2.47. The Kier molecular flexibility index (Phi) is 3.10. The summed E-state index contributed by atoms with van der Waals surface area (Å²) in [6.45, 7) is 0. The second-order valence-electron chi connectivity index (χ2n) is 3.68. The molecule has 1 aromatic carbocycles. The van der Waals surface area contributed by atoms with Gasteiger partial charge in [-0.25, -0.2) is 0 Å². The fourth-order valence-corrected chi connectivity index (χ4v) is 4.15. The van der Waals surface area contributed by atoms with Crippen molar-refractivity contribution in [1.29, 1.82) is 5.26 Å². The van der Waals surface area contributed by atoms with Crippen LogP contribution in [0.2, 0.25) is 0 Å². The molecule has 0 aromatic heterocycles. The summed E-state index contributed by atoms with van der Waals surface area (Å²) in [6, 6.07) is 10.2. The number of benzene rings is 1. The largest absolute Gasteiger partial charge is 0.192 e. The standard InChI is InChI=1S/C12H14NS/c13-9-11-3-5-12(6-4-11)10-14-7-1-2-8-14/h3-6H,1-2,7-8,10H2/q+1. The average molecular weight is 204 g/mol. The van der Waals surface area contributed by atoms with E-state index in [9.17, 15) is 0 Å². The smallest absolute Gasteiger partial charge is 0.133 e. The summed E-state index contributed by atoms with van der Waals surface area (Å²) >= 11 is 0. The van der Waals surface area contributed by atoms with Crippen LogP contribution in [-0.4, -0.2) is 11.5 Å². The van der Waals surface area contributed by atoms with E-state index in [-0.39, 0.29) is 0 Å². The van der Waals surface area contributed by atoms with Crippen molar-refractivity contribution in [2.45, 2.75) is 18.6 Å². The highest BCUT2D eigenvalue weighted by Crippen LogP contribution is 2.18. The zero-order valence-electron chi connectivity index (χ0n) is 8.20. The molecule has 0 spiro atoms. The number of rotatable bonds is 2. The van der Waals surface area contributed by atoms with Crippen molar-refractivity contribution >= 4 is 10.9 Å². The average Bonchev–Trinajstić information content (AvgIpc) is 2.72. The van der Waals surface area contributed by atoms with Crippen LogP contribution in [0, 0.1) is 11.3 Å². The first-order valence-electron chi connectivity index (χ1n) is 5.01. The Morgan fingerprint density at radius 3 is 2.36 bits per heavy atom. The van der Waals surface area contributed by atoms with Gasteiger partial charge in [-0.05, 0) is 35.9 Å². The lowest BCUT2D eigenvalue weighted by atomic mass is 10.2. The molecule has 0 atom stereocenters. The Balaban J connectivity index is 1.99. The maximum absolute atomic E-state index is 8.66. The fraction of sp³-hybridized carbons (Fsp3) is 0.417. The Labute approximate surface area is 88.1 Å². The molecule has 0 saturated carbocycles. The number of hydrogen-bond acceptors (Lipinski definition) is 1. The van der Waals surface area contributed by atoms with Gasteiger partial charge in [0.1, 0.15) is 17.3 Å². The maximum atomic E-state index is 8.66. The van der Waals surface area contributed by atoms with E-state index < -0.39 is 0 Å². The summed E-state index contributed by atoms with van der Waals surface area (Å²) in [4.78, 5) is 0. The van der Waals surface area contributed by atoms with Crippen LogP contribution >= 0.6 is 0 Å². The van der Waals surface area contributed by atoms with E-state index in [4.69, 9.17) is 5.26 Å². The molecule has 0 aliphatic carbocycles. The minimum atomic E-state index is 0.630.